The number of piperidine rings is 1. The third-order valence-electron chi connectivity index (χ3n) is 7.34. The quantitative estimate of drug-likeness (QED) is 0.353. The molecular weight excluding hydrogens is 450 g/mol. The zero-order valence-corrected chi connectivity index (χ0v) is 21.1. The molecule has 0 bridgehead atoms. The van der Waals surface area contributed by atoms with Crippen LogP contribution < -0.4 is 10.5 Å². The van der Waals surface area contributed by atoms with Crippen LogP contribution in [0.25, 0.3) is 32.9 Å². The molecule has 1 aliphatic heterocycles. The monoisotopic (exact) mass is 483 g/mol. The lowest BCUT2D eigenvalue weighted by Gasteiger charge is -2.32. The van der Waals surface area contributed by atoms with Gasteiger partial charge in [0.05, 0.1) is 18.2 Å². The summed E-state index contributed by atoms with van der Waals surface area (Å²) in [7, 11) is 1.63. The molecular formula is C30H33N3O3. The number of carbonyl (C=O) groups excluding carboxylic acids is 2. The van der Waals surface area contributed by atoms with Crippen LogP contribution in [-0.2, 0) is 0 Å². The Kier molecular flexibility index (Phi) is 6.44. The molecule has 3 aromatic carbocycles. The van der Waals surface area contributed by atoms with Crippen molar-refractivity contribution in [2.24, 2.45) is 17.6 Å². The molecule has 0 saturated carbocycles. The molecule has 5 rings (SSSR count). The van der Waals surface area contributed by atoms with Gasteiger partial charge < -0.3 is 20.4 Å². The van der Waals surface area contributed by atoms with E-state index in [9.17, 15) is 9.59 Å². The first-order chi connectivity index (χ1) is 17.4. The lowest BCUT2D eigenvalue weighted by Crippen LogP contribution is -2.38. The standard InChI is InChI=1S/C30H33N3O3/c1-18(2)14-19-10-12-33(13-11-19)30(35)20-8-9-23-24-15-21(22-6-4-5-7-27(22)36-3)16-25(29(31)34)28(24)32-26(23)17-20/h4-9,15-19,32H,10-14H2,1-3H3,(H2,31,34). The fourth-order valence-electron chi connectivity index (χ4n) is 5.59. The number of aromatic amines is 1. The molecule has 1 saturated heterocycles. The summed E-state index contributed by atoms with van der Waals surface area (Å²) in [5.41, 5.74) is 10.1. The highest BCUT2D eigenvalue weighted by Crippen LogP contribution is 2.36. The number of rotatable bonds is 6. The number of primary amides is 1. The summed E-state index contributed by atoms with van der Waals surface area (Å²) in [6.45, 7) is 6.12. The average Bonchev–Trinajstić information content (AvgIpc) is 3.25. The molecule has 186 valence electrons. The van der Waals surface area contributed by atoms with Crippen LogP contribution >= 0.6 is 0 Å². The van der Waals surface area contributed by atoms with E-state index in [1.165, 1.54) is 6.42 Å². The minimum atomic E-state index is -0.510. The number of hydrogen-bond donors (Lipinski definition) is 2. The predicted octanol–water partition coefficient (Wildman–Crippen LogP) is 5.99. The zero-order chi connectivity index (χ0) is 25.4. The fraction of sp³-hybridized carbons (Fsp3) is 0.333. The van der Waals surface area contributed by atoms with Gasteiger partial charge in [-0.05, 0) is 67.0 Å². The van der Waals surface area contributed by atoms with Crippen molar-refractivity contribution in [2.75, 3.05) is 20.2 Å². The number of carbonyl (C=O) groups is 2. The fourth-order valence-corrected chi connectivity index (χ4v) is 5.59. The van der Waals surface area contributed by atoms with Crippen LogP contribution in [0, 0.1) is 11.8 Å². The second-order valence-corrected chi connectivity index (χ2v) is 10.3. The molecule has 2 heterocycles. The SMILES string of the molecule is COc1ccccc1-c1cc(C(N)=O)c2[nH]c3cc(C(=O)N4CCC(CC(C)C)CC4)ccc3c2c1. The van der Waals surface area contributed by atoms with Crippen LogP contribution in [0.1, 0.15) is 53.8 Å². The zero-order valence-electron chi connectivity index (χ0n) is 21.1. The molecule has 0 aliphatic carbocycles. The van der Waals surface area contributed by atoms with Gasteiger partial charge in [-0.3, -0.25) is 9.59 Å². The summed E-state index contributed by atoms with van der Waals surface area (Å²) in [4.78, 5) is 31.0. The summed E-state index contributed by atoms with van der Waals surface area (Å²) in [6, 6.07) is 17.3. The number of aromatic nitrogens is 1. The topological polar surface area (TPSA) is 88.4 Å². The van der Waals surface area contributed by atoms with E-state index >= 15 is 0 Å². The molecule has 0 spiro atoms. The number of nitrogens with two attached hydrogens (primary N) is 1. The number of hydrogen-bond acceptors (Lipinski definition) is 3. The number of H-pyrrole nitrogens is 1. The van der Waals surface area contributed by atoms with Crippen molar-refractivity contribution < 1.29 is 14.3 Å². The highest BCUT2D eigenvalue weighted by molar-refractivity contribution is 6.17. The van der Waals surface area contributed by atoms with Gasteiger partial charge in [-0.2, -0.15) is 0 Å². The first kappa shape index (κ1) is 23.9. The molecule has 0 atom stereocenters. The van der Waals surface area contributed by atoms with Crippen LogP contribution in [-0.4, -0.2) is 41.9 Å². The summed E-state index contributed by atoms with van der Waals surface area (Å²) in [5.74, 6) is 1.66. The van der Waals surface area contributed by atoms with Crippen LogP contribution in [0.2, 0.25) is 0 Å². The van der Waals surface area contributed by atoms with Gasteiger partial charge in [0, 0.05) is 40.5 Å². The van der Waals surface area contributed by atoms with Crippen molar-refractivity contribution in [3.63, 3.8) is 0 Å². The maximum Gasteiger partial charge on any atom is 0.253 e. The van der Waals surface area contributed by atoms with Crippen molar-refractivity contribution in [1.82, 2.24) is 9.88 Å². The summed E-state index contributed by atoms with van der Waals surface area (Å²) in [5, 5.41) is 1.83. The van der Waals surface area contributed by atoms with Crippen molar-refractivity contribution in [1.29, 1.82) is 0 Å². The molecule has 6 heteroatoms. The molecule has 1 aromatic heterocycles. The van der Waals surface area contributed by atoms with Crippen molar-refractivity contribution in [3.8, 4) is 16.9 Å². The number of methoxy groups -OCH3 is 1. The average molecular weight is 484 g/mol. The molecule has 6 nitrogen and oxygen atoms in total. The Morgan fingerprint density at radius 2 is 1.81 bits per heavy atom. The largest absolute Gasteiger partial charge is 0.496 e. The van der Waals surface area contributed by atoms with E-state index in [2.05, 4.69) is 18.8 Å². The Hall–Kier alpha value is -3.80. The van der Waals surface area contributed by atoms with Gasteiger partial charge in [0.2, 0.25) is 0 Å². The van der Waals surface area contributed by atoms with Gasteiger partial charge >= 0.3 is 0 Å². The van der Waals surface area contributed by atoms with Crippen LogP contribution in [0.3, 0.4) is 0 Å². The number of benzene rings is 3. The minimum Gasteiger partial charge on any atom is -0.496 e. The molecule has 1 fully saturated rings. The highest BCUT2D eigenvalue weighted by Gasteiger charge is 2.25. The number of ether oxygens (including phenoxy) is 1. The van der Waals surface area contributed by atoms with E-state index in [-0.39, 0.29) is 5.91 Å². The first-order valence-electron chi connectivity index (χ1n) is 12.7. The Balaban J connectivity index is 1.51. The summed E-state index contributed by atoms with van der Waals surface area (Å²) >= 11 is 0. The Labute approximate surface area is 211 Å². The van der Waals surface area contributed by atoms with Gasteiger partial charge in [0.15, 0.2) is 0 Å². The van der Waals surface area contributed by atoms with Gasteiger partial charge in [-0.1, -0.05) is 38.1 Å². The van der Waals surface area contributed by atoms with Crippen LogP contribution in [0.5, 0.6) is 5.75 Å². The van der Waals surface area contributed by atoms with E-state index in [0.29, 0.717) is 28.5 Å². The number of nitrogens with one attached hydrogen (secondary N) is 1. The molecule has 36 heavy (non-hydrogen) atoms. The van der Waals surface area contributed by atoms with E-state index in [1.54, 1.807) is 13.2 Å². The Bertz CT molecular complexity index is 1440. The Morgan fingerprint density at radius 3 is 2.50 bits per heavy atom. The number of likely N-dealkylation sites (tertiary alicyclic amines) is 1. The lowest BCUT2D eigenvalue weighted by atomic mass is 9.88. The predicted molar refractivity (Wildman–Crippen MR) is 144 cm³/mol. The maximum absolute atomic E-state index is 13.3. The first-order valence-corrected chi connectivity index (χ1v) is 12.7. The second kappa shape index (κ2) is 9.69. The summed E-state index contributed by atoms with van der Waals surface area (Å²) < 4.78 is 5.54. The van der Waals surface area contributed by atoms with E-state index < -0.39 is 5.91 Å². The van der Waals surface area contributed by atoms with E-state index in [1.807, 2.05) is 53.4 Å². The molecule has 4 aromatic rings. The highest BCUT2D eigenvalue weighted by atomic mass is 16.5. The number of para-hydroxylation sites is 1. The smallest absolute Gasteiger partial charge is 0.253 e. The van der Waals surface area contributed by atoms with Gasteiger partial charge in [0.25, 0.3) is 11.8 Å². The van der Waals surface area contributed by atoms with E-state index in [0.717, 1.165) is 59.1 Å². The van der Waals surface area contributed by atoms with Crippen LogP contribution in [0.4, 0.5) is 0 Å². The summed E-state index contributed by atoms with van der Waals surface area (Å²) in [6.07, 6.45) is 3.35. The minimum absolute atomic E-state index is 0.0587. The number of nitrogens with zero attached hydrogens (tertiary/aromatic N) is 1. The molecule has 0 radical (unpaired) electrons. The molecule has 0 unspecified atom stereocenters. The van der Waals surface area contributed by atoms with Crippen molar-refractivity contribution >= 4 is 33.6 Å². The Morgan fingerprint density at radius 1 is 1.06 bits per heavy atom. The van der Waals surface area contributed by atoms with Crippen molar-refractivity contribution in [3.05, 3.63) is 65.7 Å². The third-order valence-corrected chi connectivity index (χ3v) is 7.34. The number of fused-ring (bicyclic) bond motifs is 3. The maximum atomic E-state index is 13.3. The molecule has 1 aliphatic rings. The normalized spacial score (nSPS) is 14.6. The van der Waals surface area contributed by atoms with Gasteiger partial charge in [-0.15, -0.1) is 0 Å². The molecule has 2 amide bonds. The van der Waals surface area contributed by atoms with Crippen LogP contribution in [0.15, 0.2) is 54.6 Å². The van der Waals surface area contributed by atoms with Gasteiger partial charge in [0.1, 0.15) is 5.75 Å². The third kappa shape index (κ3) is 4.43. The molecule has 3 N–H and O–H groups in total. The van der Waals surface area contributed by atoms with E-state index in [4.69, 9.17) is 10.5 Å². The second-order valence-electron chi connectivity index (χ2n) is 10.3. The van der Waals surface area contributed by atoms with Crippen molar-refractivity contribution in [2.45, 2.75) is 33.1 Å². The number of amides is 2. The van der Waals surface area contributed by atoms with Gasteiger partial charge in [-0.25, -0.2) is 0 Å². The lowest BCUT2D eigenvalue weighted by molar-refractivity contribution is 0.0681.